The summed E-state index contributed by atoms with van der Waals surface area (Å²) < 4.78 is 22.5. The molecule has 1 aromatic rings. The smallest absolute Gasteiger partial charge is 0.165 e. The molecule has 1 heterocycles. The Hall–Kier alpha value is -1.07. The van der Waals surface area contributed by atoms with E-state index in [1.54, 1.807) is 6.26 Å². The van der Waals surface area contributed by atoms with E-state index in [9.17, 15) is 4.21 Å². The zero-order chi connectivity index (χ0) is 13.7. The van der Waals surface area contributed by atoms with Gasteiger partial charge in [0, 0.05) is 34.4 Å². The Morgan fingerprint density at radius 2 is 2.16 bits per heavy atom. The molecule has 2 unspecified atom stereocenters. The van der Waals surface area contributed by atoms with Gasteiger partial charge in [-0.3, -0.25) is 4.21 Å². The maximum Gasteiger partial charge on any atom is 0.165 e. The molecule has 1 aromatic carbocycles. The van der Waals surface area contributed by atoms with Crippen molar-refractivity contribution < 1.29 is 13.7 Å². The molecule has 0 saturated carbocycles. The minimum absolute atomic E-state index is 0.233. The fourth-order valence-corrected chi connectivity index (χ4v) is 2.42. The van der Waals surface area contributed by atoms with Crippen molar-refractivity contribution in [1.29, 1.82) is 0 Å². The summed E-state index contributed by atoms with van der Waals surface area (Å²) in [7, 11) is -0.745. The summed E-state index contributed by atoms with van der Waals surface area (Å²) in [5.74, 6) is 1.68. The highest BCUT2D eigenvalue weighted by molar-refractivity contribution is 7.84. The molecule has 2 atom stereocenters. The molecular weight excluding hydrogens is 262 g/mol. The van der Waals surface area contributed by atoms with E-state index in [1.807, 2.05) is 25.1 Å². The highest BCUT2D eigenvalue weighted by atomic mass is 32.2. The second-order valence-electron chi connectivity index (χ2n) is 4.72. The quantitative estimate of drug-likeness (QED) is 0.807. The second-order valence-corrected chi connectivity index (χ2v) is 6.52. The third kappa shape index (κ3) is 3.94. The van der Waals surface area contributed by atoms with Gasteiger partial charge in [-0.2, -0.15) is 0 Å². The first kappa shape index (κ1) is 14.3. The van der Waals surface area contributed by atoms with Crippen LogP contribution in [0.4, 0.5) is 0 Å². The summed E-state index contributed by atoms with van der Waals surface area (Å²) in [6.07, 6.45) is 2.67. The number of ether oxygens (including phenoxy) is 2. The zero-order valence-corrected chi connectivity index (χ0v) is 12.3. The SMILES string of the molecule is CC(CCNCc1cccc2c1OCCO2)S(C)=O. The van der Waals surface area contributed by atoms with E-state index in [1.165, 1.54) is 0 Å². The van der Waals surface area contributed by atoms with Gasteiger partial charge in [0.05, 0.1) is 0 Å². The van der Waals surface area contributed by atoms with Gasteiger partial charge in [-0.25, -0.2) is 0 Å². The lowest BCUT2D eigenvalue weighted by Gasteiger charge is -2.21. The van der Waals surface area contributed by atoms with Crippen LogP contribution >= 0.6 is 0 Å². The van der Waals surface area contributed by atoms with E-state index in [0.29, 0.717) is 13.2 Å². The number of fused-ring (bicyclic) bond motifs is 1. The molecule has 1 aliphatic heterocycles. The molecule has 106 valence electrons. The van der Waals surface area contributed by atoms with Gasteiger partial charge in [-0.1, -0.05) is 19.1 Å². The van der Waals surface area contributed by atoms with Gasteiger partial charge in [0.25, 0.3) is 0 Å². The highest BCUT2D eigenvalue weighted by Crippen LogP contribution is 2.33. The molecule has 0 amide bonds. The van der Waals surface area contributed by atoms with Crippen LogP contribution in [0.2, 0.25) is 0 Å². The second kappa shape index (κ2) is 6.91. The Morgan fingerprint density at radius 3 is 2.95 bits per heavy atom. The number of benzene rings is 1. The topological polar surface area (TPSA) is 47.6 Å². The summed E-state index contributed by atoms with van der Waals surface area (Å²) in [5.41, 5.74) is 1.11. The maximum absolute atomic E-state index is 11.2. The molecule has 1 aliphatic rings. The first-order chi connectivity index (χ1) is 9.18. The lowest BCUT2D eigenvalue weighted by atomic mass is 10.1. The van der Waals surface area contributed by atoms with Crippen molar-refractivity contribution in [2.45, 2.75) is 25.1 Å². The van der Waals surface area contributed by atoms with Gasteiger partial charge >= 0.3 is 0 Å². The molecule has 2 rings (SSSR count). The normalized spacial score (nSPS) is 16.9. The van der Waals surface area contributed by atoms with Crippen molar-refractivity contribution in [3.05, 3.63) is 23.8 Å². The van der Waals surface area contributed by atoms with Gasteiger partial charge in [0.15, 0.2) is 11.5 Å². The van der Waals surface area contributed by atoms with Gasteiger partial charge in [0.1, 0.15) is 13.2 Å². The van der Waals surface area contributed by atoms with Crippen LogP contribution in [0.5, 0.6) is 11.5 Å². The van der Waals surface area contributed by atoms with Crippen LogP contribution in [-0.2, 0) is 17.3 Å². The molecule has 19 heavy (non-hydrogen) atoms. The van der Waals surface area contributed by atoms with Crippen LogP contribution in [0.3, 0.4) is 0 Å². The summed E-state index contributed by atoms with van der Waals surface area (Å²) >= 11 is 0. The number of hydrogen-bond donors (Lipinski definition) is 1. The third-order valence-corrected chi connectivity index (χ3v) is 4.63. The van der Waals surface area contributed by atoms with Crippen LogP contribution < -0.4 is 14.8 Å². The molecule has 1 N–H and O–H groups in total. The van der Waals surface area contributed by atoms with Crippen molar-refractivity contribution >= 4 is 10.8 Å². The van der Waals surface area contributed by atoms with E-state index < -0.39 is 10.8 Å². The van der Waals surface area contributed by atoms with Crippen molar-refractivity contribution in [2.24, 2.45) is 0 Å². The fourth-order valence-electron chi connectivity index (χ4n) is 1.97. The van der Waals surface area contributed by atoms with Crippen LogP contribution in [0.25, 0.3) is 0 Å². The predicted octanol–water partition coefficient (Wildman–Crippen LogP) is 1.70. The lowest BCUT2D eigenvalue weighted by molar-refractivity contribution is 0.169. The lowest BCUT2D eigenvalue weighted by Crippen LogP contribution is -2.22. The van der Waals surface area contributed by atoms with E-state index in [0.717, 1.165) is 36.6 Å². The molecule has 0 aliphatic carbocycles. The van der Waals surface area contributed by atoms with E-state index >= 15 is 0 Å². The Bertz CT molecular complexity index is 450. The van der Waals surface area contributed by atoms with Gasteiger partial charge in [0.2, 0.25) is 0 Å². The van der Waals surface area contributed by atoms with Crippen LogP contribution in [0.15, 0.2) is 18.2 Å². The number of rotatable bonds is 6. The van der Waals surface area contributed by atoms with Crippen molar-refractivity contribution in [1.82, 2.24) is 5.32 Å². The first-order valence-corrected chi connectivity index (χ1v) is 8.21. The van der Waals surface area contributed by atoms with Gasteiger partial charge in [-0.15, -0.1) is 0 Å². The Kier molecular flexibility index (Phi) is 5.22. The Labute approximate surface area is 116 Å². The van der Waals surface area contributed by atoms with Crippen LogP contribution in [0, 0.1) is 0 Å². The summed E-state index contributed by atoms with van der Waals surface area (Å²) in [6, 6.07) is 5.95. The number of nitrogens with one attached hydrogen (secondary N) is 1. The van der Waals surface area contributed by atoms with E-state index in [2.05, 4.69) is 5.32 Å². The number of para-hydroxylation sites is 1. The third-order valence-electron chi connectivity index (χ3n) is 3.26. The average Bonchev–Trinajstić information content (AvgIpc) is 2.43. The van der Waals surface area contributed by atoms with Crippen molar-refractivity contribution in [3.8, 4) is 11.5 Å². The molecule has 0 bridgehead atoms. The van der Waals surface area contributed by atoms with Gasteiger partial charge < -0.3 is 14.8 Å². The highest BCUT2D eigenvalue weighted by Gasteiger charge is 2.15. The van der Waals surface area contributed by atoms with Gasteiger partial charge in [-0.05, 0) is 19.0 Å². The molecule has 5 heteroatoms. The number of hydrogen-bond acceptors (Lipinski definition) is 4. The molecule has 0 fully saturated rings. The van der Waals surface area contributed by atoms with E-state index in [-0.39, 0.29) is 5.25 Å². The van der Waals surface area contributed by atoms with Crippen LogP contribution in [-0.4, -0.2) is 35.5 Å². The zero-order valence-electron chi connectivity index (χ0n) is 11.5. The maximum atomic E-state index is 11.2. The Balaban J connectivity index is 1.85. The summed E-state index contributed by atoms with van der Waals surface area (Å²) in [5, 5.41) is 3.60. The minimum atomic E-state index is -0.745. The molecule has 0 radical (unpaired) electrons. The first-order valence-electron chi connectivity index (χ1n) is 6.59. The van der Waals surface area contributed by atoms with E-state index in [4.69, 9.17) is 9.47 Å². The molecule has 0 saturated heterocycles. The van der Waals surface area contributed by atoms with Crippen molar-refractivity contribution in [3.63, 3.8) is 0 Å². The molecule has 0 spiro atoms. The summed E-state index contributed by atoms with van der Waals surface area (Å²) in [6.45, 7) is 4.83. The molecule has 4 nitrogen and oxygen atoms in total. The Morgan fingerprint density at radius 1 is 1.37 bits per heavy atom. The average molecular weight is 283 g/mol. The standard InChI is InChI=1S/C14H21NO3S/c1-11(19(2)16)6-7-15-10-12-4-3-5-13-14(12)18-9-8-17-13/h3-5,11,15H,6-10H2,1-2H3. The molecule has 0 aromatic heterocycles. The fraction of sp³-hybridized carbons (Fsp3) is 0.571. The largest absolute Gasteiger partial charge is 0.486 e. The summed E-state index contributed by atoms with van der Waals surface area (Å²) in [4.78, 5) is 0. The monoisotopic (exact) mass is 283 g/mol. The van der Waals surface area contributed by atoms with Crippen LogP contribution in [0.1, 0.15) is 18.9 Å². The minimum Gasteiger partial charge on any atom is -0.486 e. The molecular formula is C14H21NO3S. The van der Waals surface area contributed by atoms with Crippen molar-refractivity contribution in [2.75, 3.05) is 26.0 Å². The predicted molar refractivity (Wildman–Crippen MR) is 77.3 cm³/mol.